The number of carbonyl (C=O) groups is 1. The number of piperazine rings is 1. The minimum Gasteiger partial charge on any atom is -0.421 e. The molecular formula is C25H31N5O2. The Morgan fingerprint density at radius 3 is 2.47 bits per heavy atom. The maximum absolute atomic E-state index is 12.5. The highest BCUT2D eigenvalue weighted by Crippen LogP contribution is 2.25. The molecule has 1 N–H and O–H groups in total. The van der Waals surface area contributed by atoms with Gasteiger partial charge in [0.15, 0.2) is 0 Å². The average Bonchev–Trinajstić information content (AvgIpc) is 3.28. The van der Waals surface area contributed by atoms with Crippen molar-refractivity contribution in [1.29, 1.82) is 0 Å². The van der Waals surface area contributed by atoms with E-state index in [0.29, 0.717) is 18.2 Å². The summed E-state index contributed by atoms with van der Waals surface area (Å²) in [6.07, 6.45) is 0.693. The van der Waals surface area contributed by atoms with E-state index < -0.39 is 0 Å². The van der Waals surface area contributed by atoms with Gasteiger partial charge in [-0.15, -0.1) is 10.2 Å². The van der Waals surface area contributed by atoms with E-state index in [-0.39, 0.29) is 12.3 Å². The van der Waals surface area contributed by atoms with Gasteiger partial charge in [-0.2, -0.15) is 0 Å². The Balaban J connectivity index is 1.30. The van der Waals surface area contributed by atoms with Crippen molar-refractivity contribution in [3.05, 3.63) is 59.5 Å². The molecule has 2 aromatic carbocycles. The van der Waals surface area contributed by atoms with Gasteiger partial charge in [-0.25, -0.2) is 0 Å². The number of aromatic nitrogens is 2. The number of nitrogens with one attached hydrogen (secondary N) is 1. The van der Waals surface area contributed by atoms with Crippen molar-refractivity contribution in [3.63, 3.8) is 0 Å². The van der Waals surface area contributed by atoms with Crippen molar-refractivity contribution in [2.45, 2.75) is 33.6 Å². The molecule has 1 saturated heterocycles. The average molecular weight is 434 g/mol. The fourth-order valence-electron chi connectivity index (χ4n) is 4.00. The fourth-order valence-corrected chi connectivity index (χ4v) is 4.00. The molecule has 168 valence electrons. The van der Waals surface area contributed by atoms with Crippen LogP contribution < -0.4 is 10.2 Å². The zero-order valence-electron chi connectivity index (χ0n) is 19.1. The number of carbonyl (C=O) groups excluding carboxylic acids is 1. The topological polar surface area (TPSA) is 74.5 Å². The summed E-state index contributed by atoms with van der Waals surface area (Å²) in [7, 11) is 0. The Kier molecular flexibility index (Phi) is 6.85. The second-order valence-corrected chi connectivity index (χ2v) is 8.34. The SMILES string of the molecule is CCN1CCN(c2ccc(NC(=O)CCc3nnc(-c4ccc(C)cc4)o3)cc2C)CC1. The van der Waals surface area contributed by atoms with Crippen LogP contribution in [0.2, 0.25) is 0 Å². The Morgan fingerprint density at radius 2 is 1.78 bits per heavy atom. The van der Waals surface area contributed by atoms with Gasteiger partial charge in [0.2, 0.25) is 17.7 Å². The molecule has 0 aliphatic carbocycles. The molecule has 2 heterocycles. The molecule has 7 heteroatoms. The van der Waals surface area contributed by atoms with Crippen molar-refractivity contribution in [3.8, 4) is 11.5 Å². The lowest BCUT2D eigenvalue weighted by atomic mass is 10.1. The smallest absolute Gasteiger partial charge is 0.247 e. The number of aryl methyl sites for hydroxylation is 3. The molecule has 7 nitrogen and oxygen atoms in total. The zero-order chi connectivity index (χ0) is 22.5. The van der Waals surface area contributed by atoms with Crippen LogP contribution in [0.3, 0.4) is 0 Å². The molecule has 0 unspecified atom stereocenters. The van der Waals surface area contributed by atoms with Gasteiger partial charge in [-0.1, -0.05) is 24.6 Å². The molecule has 4 rings (SSSR count). The third-order valence-electron chi connectivity index (χ3n) is 5.97. The summed E-state index contributed by atoms with van der Waals surface area (Å²) in [5, 5.41) is 11.2. The number of rotatable bonds is 7. The molecule has 0 radical (unpaired) electrons. The summed E-state index contributed by atoms with van der Waals surface area (Å²) < 4.78 is 5.72. The second kappa shape index (κ2) is 9.96. The lowest BCUT2D eigenvalue weighted by molar-refractivity contribution is -0.116. The van der Waals surface area contributed by atoms with Crippen molar-refractivity contribution >= 4 is 17.3 Å². The molecule has 32 heavy (non-hydrogen) atoms. The quantitative estimate of drug-likeness (QED) is 0.606. The van der Waals surface area contributed by atoms with Gasteiger partial charge in [-0.05, 0) is 56.3 Å². The molecule has 0 saturated carbocycles. The van der Waals surface area contributed by atoms with Gasteiger partial charge in [-0.3, -0.25) is 4.79 Å². The van der Waals surface area contributed by atoms with Crippen molar-refractivity contribution in [2.75, 3.05) is 42.9 Å². The van der Waals surface area contributed by atoms with E-state index in [0.717, 1.165) is 44.0 Å². The summed E-state index contributed by atoms with van der Waals surface area (Å²) >= 11 is 0. The lowest BCUT2D eigenvalue weighted by Crippen LogP contribution is -2.46. The van der Waals surface area contributed by atoms with Crippen LogP contribution in [-0.4, -0.2) is 53.7 Å². The summed E-state index contributed by atoms with van der Waals surface area (Å²) in [4.78, 5) is 17.3. The number of anilines is 2. The molecule has 1 amide bonds. The highest BCUT2D eigenvalue weighted by atomic mass is 16.4. The van der Waals surface area contributed by atoms with Crippen LogP contribution in [-0.2, 0) is 11.2 Å². The fraction of sp³-hybridized carbons (Fsp3) is 0.400. The Hall–Kier alpha value is -3.19. The van der Waals surface area contributed by atoms with Crippen LogP contribution in [0.25, 0.3) is 11.5 Å². The van der Waals surface area contributed by atoms with Gasteiger partial charge in [0.25, 0.3) is 0 Å². The van der Waals surface area contributed by atoms with Crippen molar-refractivity contribution in [2.24, 2.45) is 0 Å². The highest BCUT2D eigenvalue weighted by molar-refractivity contribution is 5.91. The third kappa shape index (κ3) is 5.34. The summed E-state index contributed by atoms with van der Waals surface area (Å²) in [6.45, 7) is 11.7. The Labute approximate surface area is 189 Å². The van der Waals surface area contributed by atoms with Gasteiger partial charge in [0, 0.05) is 56.0 Å². The largest absolute Gasteiger partial charge is 0.421 e. The van der Waals surface area contributed by atoms with E-state index in [9.17, 15) is 4.79 Å². The maximum atomic E-state index is 12.5. The third-order valence-corrected chi connectivity index (χ3v) is 5.97. The first-order chi connectivity index (χ1) is 15.5. The molecule has 0 atom stereocenters. The number of benzene rings is 2. The highest BCUT2D eigenvalue weighted by Gasteiger charge is 2.17. The molecule has 1 aliphatic heterocycles. The first-order valence-corrected chi connectivity index (χ1v) is 11.3. The van der Waals surface area contributed by atoms with Crippen LogP contribution in [0.5, 0.6) is 0 Å². The molecule has 1 aromatic heterocycles. The van der Waals surface area contributed by atoms with E-state index in [4.69, 9.17) is 4.42 Å². The monoisotopic (exact) mass is 433 g/mol. The van der Waals surface area contributed by atoms with Gasteiger partial charge in [0.05, 0.1) is 0 Å². The van der Waals surface area contributed by atoms with E-state index in [1.165, 1.54) is 16.8 Å². The van der Waals surface area contributed by atoms with Crippen molar-refractivity contribution in [1.82, 2.24) is 15.1 Å². The Bertz CT molecular complexity index is 1050. The number of amides is 1. The first kappa shape index (κ1) is 22.0. The van der Waals surface area contributed by atoms with Crippen LogP contribution in [0.1, 0.15) is 30.4 Å². The summed E-state index contributed by atoms with van der Waals surface area (Å²) in [6, 6.07) is 14.1. The molecule has 0 spiro atoms. The van der Waals surface area contributed by atoms with E-state index in [1.807, 2.05) is 43.3 Å². The van der Waals surface area contributed by atoms with E-state index in [2.05, 4.69) is 45.2 Å². The van der Waals surface area contributed by atoms with Gasteiger partial charge < -0.3 is 19.5 Å². The Morgan fingerprint density at radius 1 is 1.03 bits per heavy atom. The molecular weight excluding hydrogens is 402 g/mol. The minimum absolute atomic E-state index is 0.0659. The van der Waals surface area contributed by atoms with E-state index in [1.54, 1.807) is 0 Å². The van der Waals surface area contributed by atoms with Gasteiger partial charge in [0.1, 0.15) is 0 Å². The lowest BCUT2D eigenvalue weighted by Gasteiger charge is -2.36. The van der Waals surface area contributed by atoms with Crippen LogP contribution in [0, 0.1) is 13.8 Å². The molecule has 0 bridgehead atoms. The summed E-state index contributed by atoms with van der Waals surface area (Å²) in [5.74, 6) is 0.878. The first-order valence-electron chi connectivity index (χ1n) is 11.3. The number of hydrogen-bond donors (Lipinski definition) is 1. The maximum Gasteiger partial charge on any atom is 0.247 e. The zero-order valence-corrected chi connectivity index (χ0v) is 19.1. The minimum atomic E-state index is -0.0659. The predicted octanol–water partition coefficient (Wildman–Crippen LogP) is 4.07. The second-order valence-electron chi connectivity index (χ2n) is 8.34. The van der Waals surface area contributed by atoms with Crippen LogP contribution in [0.15, 0.2) is 46.9 Å². The van der Waals surface area contributed by atoms with E-state index >= 15 is 0 Å². The standard InChI is InChI=1S/C25H31N5O2/c1-4-29-13-15-30(16-14-29)22-10-9-21(17-19(22)3)26-23(31)11-12-24-27-28-25(32-24)20-7-5-18(2)6-8-20/h5-10,17H,4,11-16H2,1-3H3,(H,26,31). The molecule has 1 fully saturated rings. The van der Waals surface area contributed by atoms with Crippen LogP contribution >= 0.6 is 0 Å². The van der Waals surface area contributed by atoms with Crippen LogP contribution in [0.4, 0.5) is 11.4 Å². The summed E-state index contributed by atoms with van der Waals surface area (Å²) in [5.41, 5.74) is 5.29. The number of likely N-dealkylation sites (N-methyl/N-ethyl adjacent to an activating group) is 1. The number of hydrogen-bond acceptors (Lipinski definition) is 6. The normalized spacial score (nSPS) is 14.5. The molecule has 3 aromatic rings. The number of nitrogens with zero attached hydrogens (tertiary/aromatic N) is 4. The van der Waals surface area contributed by atoms with Crippen molar-refractivity contribution < 1.29 is 9.21 Å². The molecule has 1 aliphatic rings. The predicted molar refractivity (Wildman–Crippen MR) is 127 cm³/mol. The van der Waals surface area contributed by atoms with Gasteiger partial charge >= 0.3 is 0 Å².